The van der Waals surface area contributed by atoms with Crippen LogP contribution >= 0.6 is 0 Å². The Morgan fingerprint density at radius 2 is 1.78 bits per heavy atom. The molecule has 4 rings (SSSR count). The van der Waals surface area contributed by atoms with E-state index in [1.165, 1.54) is 29.0 Å². The monoisotopic (exact) mass is 306 g/mol. The fraction of sp³-hybridized carbons (Fsp3) is 0.200. The number of nitrogens with zero attached hydrogens (tertiary/aromatic N) is 1. The van der Waals surface area contributed by atoms with Crippen molar-refractivity contribution in [3.05, 3.63) is 83.3 Å². The molecular weight excluding hydrogens is 287 g/mol. The van der Waals surface area contributed by atoms with E-state index in [0.29, 0.717) is 0 Å². The van der Waals surface area contributed by atoms with Gasteiger partial charge in [-0.2, -0.15) is 0 Å². The lowest BCUT2D eigenvalue weighted by Gasteiger charge is -2.26. The lowest BCUT2D eigenvalue weighted by atomic mass is 10.1. The number of nitrogens with one attached hydrogen (secondary N) is 1. The second-order valence-electron chi connectivity index (χ2n) is 6.14. The van der Waals surface area contributed by atoms with Crippen LogP contribution in [0.2, 0.25) is 0 Å². The van der Waals surface area contributed by atoms with E-state index < -0.39 is 0 Å². The second kappa shape index (κ2) is 6.01. The zero-order valence-corrected chi connectivity index (χ0v) is 12.9. The molecule has 1 aliphatic heterocycles. The first-order chi connectivity index (χ1) is 11.3. The smallest absolute Gasteiger partial charge is 0.123 e. The van der Waals surface area contributed by atoms with Gasteiger partial charge in [-0.25, -0.2) is 4.39 Å². The third kappa shape index (κ3) is 3.06. The van der Waals surface area contributed by atoms with E-state index in [4.69, 9.17) is 0 Å². The third-order valence-corrected chi connectivity index (χ3v) is 4.48. The van der Waals surface area contributed by atoms with Gasteiger partial charge in [0.25, 0.3) is 0 Å². The Morgan fingerprint density at radius 3 is 2.57 bits per heavy atom. The molecule has 0 fully saturated rings. The first-order valence-corrected chi connectivity index (χ1v) is 8.01. The zero-order valence-electron chi connectivity index (χ0n) is 12.9. The lowest BCUT2D eigenvalue weighted by Crippen LogP contribution is -2.29. The van der Waals surface area contributed by atoms with Gasteiger partial charge in [-0.05, 0) is 53.4 Å². The predicted octanol–water partition coefficient (Wildman–Crippen LogP) is 4.38. The molecule has 0 radical (unpaired) electrons. The Morgan fingerprint density at radius 1 is 1.00 bits per heavy atom. The van der Waals surface area contributed by atoms with E-state index in [0.717, 1.165) is 37.3 Å². The van der Waals surface area contributed by atoms with Crippen molar-refractivity contribution in [3.8, 4) is 11.3 Å². The maximum absolute atomic E-state index is 13.1. The highest BCUT2D eigenvalue weighted by molar-refractivity contribution is 5.61. The Labute approximate surface area is 135 Å². The number of halogens is 1. The van der Waals surface area contributed by atoms with Crippen LogP contribution < -0.4 is 0 Å². The van der Waals surface area contributed by atoms with Gasteiger partial charge in [0.05, 0.1) is 0 Å². The third-order valence-electron chi connectivity index (χ3n) is 4.48. The molecule has 1 N–H and O–H groups in total. The van der Waals surface area contributed by atoms with Crippen LogP contribution in [0.1, 0.15) is 16.8 Å². The minimum absolute atomic E-state index is 0.195. The minimum atomic E-state index is -0.195. The van der Waals surface area contributed by atoms with E-state index >= 15 is 0 Å². The van der Waals surface area contributed by atoms with Crippen LogP contribution in [0.4, 0.5) is 4.39 Å². The number of hydrogen-bond donors (Lipinski definition) is 1. The average molecular weight is 306 g/mol. The van der Waals surface area contributed by atoms with E-state index in [1.54, 1.807) is 0 Å². The average Bonchev–Trinajstić information content (AvgIpc) is 3.00. The fourth-order valence-corrected chi connectivity index (χ4v) is 3.25. The molecule has 0 saturated carbocycles. The molecule has 0 unspecified atom stereocenters. The topological polar surface area (TPSA) is 19.0 Å². The van der Waals surface area contributed by atoms with Crippen molar-refractivity contribution < 1.29 is 4.39 Å². The standard InChI is InChI=1S/C20H19FN2/c21-18-8-6-16(7-9-18)19-12-17-10-11-23(14-20(17)22-19)13-15-4-2-1-3-5-15/h1-9,12,22H,10-11,13-14H2. The van der Waals surface area contributed by atoms with Gasteiger partial charge >= 0.3 is 0 Å². The van der Waals surface area contributed by atoms with E-state index in [9.17, 15) is 4.39 Å². The van der Waals surface area contributed by atoms with Gasteiger partial charge < -0.3 is 4.98 Å². The zero-order chi connectivity index (χ0) is 15.6. The van der Waals surface area contributed by atoms with Crippen molar-refractivity contribution in [2.75, 3.05) is 6.54 Å². The molecule has 1 aliphatic rings. The summed E-state index contributed by atoms with van der Waals surface area (Å²) in [6.45, 7) is 2.99. The molecule has 2 heterocycles. The Kier molecular flexibility index (Phi) is 3.72. The molecular formula is C20H19FN2. The molecule has 0 spiro atoms. The lowest BCUT2D eigenvalue weighted by molar-refractivity contribution is 0.243. The number of aromatic amines is 1. The van der Waals surface area contributed by atoms with Crippen LogP contribution in [0.5, 0.6) is 0 Å². The number of rotatable bonds is 3. The van der Waals surface area contributed by atoms with Gasteiger partial charge in [0, 0.05) is 31.0 Å². The Balaban J connectivity index is 1.52. The summed E-state index contributed by atoms with van der Waals surface area (Å²) in [5.41, 5.74) is 6.13. The van der Waals surface area contributed by atoms with Crippen molar-refractivity contribution in [2.45, 2.75) is 19.5 Å². The Bertz CT molecular complexity index is 790. The van der Waals surface area contributed by atoms with Crippen molar-refractivity contribution in [1.29, 1.82) is 0 Å². The van der Waals surface area contributed by atoms with Gasteiger partial charge in [0.2, 0.25) is 0 Å². The summed E-state index contributed by atoms with van der Waals surface area (Å²) in [6, 6.07) is 19.5. The van der Waals surface area contributed by atoms with Crippen LogP contribution in [-0.2, 0) is 19.5 Å². The predicted molar refractivity (Wildman–Crippen MR) is 90.4 cm³/mol. The highest BCUT2D eigenvalue weighted by atomic mass is 19.1. The van der Waals surface area contributed by atoms with Crippen LogP contribution in [-0.4, -0.2) is 16.4 Å². The summed E-state index contributed by atoms with van der Waals surface area (Å²) in [4.78, 5) is 5.98. The van der Waals surface area contributed by atoms with E-state index in [2.05, 4.69) is 46.3 Å². The summed E-state index contributed by atoms with van der Waals surface area (Å²) in [5, 5.41) is 0. The van der Waals surface area contributed by atoms with Crippen molar-refractivity contribution in [3.63, 3.8) is 0 Å². The molecule has 2 nitrogen and oxygen atoms in total. The van der Waals surface area contributed by atoms with Crippen molar-refractivity contribution in [2.24, 2.45) is 0 Å². The molecule has 2 aromatic carbocycles. The molecule has 0 amide bonds. The summed E-state index contributed by atoms with van der Waals surface area (Å²) in [6.07, 6.45) is 1.06. The normalized spacial score (nSPS) is 14.7. The van der Waals surface area contributed by atoms with Crippen LogP contribution in [0.15, 0.2) is 60.7 Å². The maximum atomic E-state index is 13.1. The minimum Gasteiger partial charge on any atom is -0.357 e. The molecule has 0 aliphatic carbocycles. The summed E-state index contributed by atoms with van der Waals surface area (Å²) in [5.74, 6) is -0.195. The molecule has 23 heavy (non-hydrogen) atoms. The van der Waals surface area contributed by atoms with Gasteiger partial charge in [-0.3, -0.25) is 4.90 Å². The number of hydrogen-bond acceptors (Lipinski definition) is 1. The summed E-state index contributed by atoms with van der Waals surface area (Å²) >= 11 is 0. The van der Waals surface area contributed by atoms with Crippen LogP contribution in [0.3, 0.4) is 0 Å². The van der Waals surface area contributed by atoms with Gasteiger partial charge in [-0.15, -0.1) is 0 Å². The molecule has 1 aromatic heterocycles. The highest BCUT2D eigenvalue weighted by Gasteiger charge is 2.19. The number of fused-ring (bicyclic) bond motifs is 1. The largest absolute Gasteiger partial charge is 0.357 e. The van der Waals surface area contributed by atoms with Gasteiger partial charge in [0.15, 0.2) is 0 Å². The van der Waals surface area contributed by atoms with Gasteiger partial charge in [-0.1, -0.05) is 30.3 Å². The SMILES string of the molecule is Fc1ccc(-c2cc3c([nH]2)CN(Cc2ccccc2)CC3)cc1. The molecule has 0 bridgehead atoms. The van der Waals surface area contributed by atoms with Crippen LogP contribution in [0.25, 0.3) is 11.3 Å². The summed E-state index contributed by atoms with van der Waals surface area (Å²) < 4.78 is 13.1. The molecule has 3 heteroatoms. The van der Waals surface area contributed by atoms with Crippen molar-refractivity contribution in [1.82, 2.24) is 9.88 Å². The maximum Gasteiger partial charge on any atom is 0.123 e. The first-order valence-electron chi connectivity index (χ1n) is 8.01. The molecule has 3 aromatic rings. The fourth-order valence-electron chi connectivity index (χ4n) is 3.25. The van der Waals surface area contributed by atoms with E-state index in [-0.39, 0.29) is 5.82 Å². The number of benzene rings is 2. The first kappa shape index (κ1) is 14.2. The van der Waals surface area contributed by atoms with E-state index in [1.807, 2.05) is 12.1 Å². The molecule has 0 saturated heterocycles. The van der Waals surface area contributed by atoms with Crippen molar-refractivity contribution >= 4 is 0 Å². The van der Waals surface area contributed by atoms with Crippen LogP contribution in [0, 0.1) is 5.82 Å². The number of H-pyrrole nitrogens is 1. The Hall–Kier alpha value is -2.39. The second-order valence-corrected chi connectivity index (χ2v) is 6.14. The summed E-state index contributed by atoms with van der Waals surface area (Å²) in [7, 11) is 0. The number of aromatic nitrogens is 1. The molecule has 0 atom stereocenters. The van der Waals surface area contributed by atoms with Gasteiger partial charge in [0.1, 0.15) is 5.82 Å². The molecule has 116 valence electrons. The highest BCUT2D eigenvalue weighted by Crippen LogP contribution is 2.27. The quantitative estimate of drug-likeness (QED) is 0.761.